The van der Waals surface area contributed by atoms with E-state index >= 15 is 0 Å². The first-order chi connectivity index (χ1) is 9.27. The molecular weight excluding hydrogens is 266 g/mol. The van der Waals surface area contributed by atoms with Gasteiger partial charge in [0.1, 0.15) is 6.04 Å². The summed E-state index contributed by atoms with van der Waals surface area (Å²) in [6.07, 6.45) is 0.112. The lowest BCUT2D eigenvalue weighted by atomic mass is 10.2. The van der Waals surface area contributed by atoms with E-state index in [0.717, 1.165) is 13.0 Å². The largest absolute Gasteiger partial charge is 0.481 e. The quantitative estimate of drug-likeness (QED) is 0.546. The molecule has 116 valence electrons. The molecule has 0 aliphatic carbocycles. The van der Waals surface area contributed by atoms with Crippen LogP contribution in [0.2, 0.25) is 0 Å². The Kier molecular flexibility index (Phi) is 8.30. The third kappa shape index (κ3) is 7.57. The summed E-state index contributed by atoms with van der Waals surface area (Å²) >= 11 is 0. The van der Waals surface area contributed by atoms with E-state index in [1.54, 1.807) is 6.92 Å². The summed E-state index contributed by atoms with van der Waals surface area (Å²) in [5.74, 6) is -2.63. The SMILES string of the molecule is CCN(CCCN(C)C)C(=O)N[C@H](CC(=O)O)C(=O)O. The van der Waals surface area contributed by atoms with Gasteiger partial charge in [-0.2, -0.15) is 0 Å². The molecule has 8 heteroatoms. The van der Waals surface area contributed by atoms with E-state index in [4.69, 9.17) is 10.2 Å². The van der Waals surface area contributed by atoms with E-state index in [-0.39, 0.29) is 0 Å². The van der Waals surface area contributed by atoms with Crippen LogP contribution in [0, 0.1) is 0 Å². The third-order valence-electron chi connectivity index (χ3n) is 2.68. The van der Waals surface area contributed by atoms with Crippen molar-refractivity contribution >= 4 is 18.0 Å². The van der Waals surface area contributed by atoms with Gasteiger partial charge in [0, 0.05) is 13.1 Å². The molecule has 0 saturated heterocycles. The number of nitrogens with zero attached hydrogens (tertiary/aromatic N) is 2. The lowest BCUT2D eigenvalue weighted by Gasteiger charge is -2.24. The molecule has 0 bridgehead atoms. The fourth-order valence-electron chi connectivity index (χ4n) is 1.60. The second-order valence-electron chi connectivity index (χ2n) is 4.67. The van der Waals surface area contributed by atoms with Crippen molar-refractivity contribution in [2.75, 3.05) is 33.7 Å². The van der Waals surface area contributed by atoms with Crippen molar-refractivity contribution < 1.29 is 24.6 Å². The van der Waals surface area contributed by atoms with Crippen LogP contribution in [-0.2, 0) is 9.59 Å². The molecule has 1 atom stereocenters. The van der Waals surface area contributed by atoms with Gasteiger partial charge in [0.25, 0.3) is 0 Å². The summed E-state index contributed by atoms with van der Waals surface area (Å²) in [5, 5.41) is 19.7. The fourth-order valence-corrected chi connectivity index (χ4v) is 1.60. The Labute approximate surface area is 118 Å². The van der Waals surface area contributed by atoms with Crippen molar-refractivity contribution in [2.24, 2.45) is 0 Å². The van der Waals surface area contributed by atoms with E-state index in [1.165, 1.54) is 4.90 Å². The number of amides is 2. The lowest BCUT2D eigenvalue weighted by Crippen LogP contribution is -2.49. The van der Waals surface area contributed by atoms with Crippen molar-refractivity contribution in [3.05, 3.63) is 0 Å². The predicted molar refractivity (Wildman–Crippen MR) is 72.6 cm³/mol. The van der Waals surface area contributed by atoms with Gasteiger partial charge in [-0.05, 0) is 34.0 Å². The molecule has 0 aliphatic heterocycles. The molecule has 0 fully saturated rings. The van der Waals surface area contributed by atoms with E-state index in [0.29, 0.717) is 13.1 Å². The zero-order valence-electron chi connectivity index (χ0n) is 12.1. The highest BCUT2D eigenvalue weighted by atomic mass is 16.4. The van der Waals surface area contributed by atoms with E-state index in [1.807, 2.05) is 19.0 Å². The average Bonchev–Trinajstić information content (AvgIpc) is 2.32. The Balaban J connectivity index is 4.43. The molecule has 20 heavy (non-hydrogen) atoms. The van der Waals surface area contributed by atoms with Gasteiger partial charge in [0.05, 0.1) is 6.42 Å². The summed E-state index contributed by atoms with van der Waals surface area (Å²) < 4.78 is 0. The molecular formula is C12H23N3O5. The number of carboxylic acid groups (broad SMARTS) is 2. The summed E-state index contributed by atoms with van der Waals surface area (Å²) in [4.78, 5) is 36.8. The molecule has 0 rings (SSSR count). The van der Waals surface area contributed by atoms with Crippen LogP contribution in [0.15, 0.2) is 0 Å². The number of carbonyl (C=O) groups is 3. The molecule has 0 radical (unpaired) electrons. The maximum absolute atomic E-state index is 11.9. The third-order valence-corrected chi connectivity index (χ3v) is 2.68. The molecule has 0 aromatic carbocycles. The molecule has 0 unspecified atom stereocenters. The van der Waals surface area contributed by atoms with E-state index < -0.39 is 30.4 Å². The minimum absolute atomic E-state index is 0.429. The van der Waals surface area contributed by atoms with Crippen molar-refractivity contribution in [2.45, 2.75) is 25.8 Å². The average molecular weight is 289 g/mol. The van der Waals surface area contributed by atoms with Crippen LogP contribution in [0.25, 0.3) is 0 Å². The van der Waals surface area contributed by atoms with Crippen molar-refractivity contribution in [3.63, 3.8) is 0 Å². The molecule has 8 nitrogen and oxygen atoms in total. The van der Waals surface area contributed by atoms with Crippen molar-refractivity contribution in [1.82, 2.24) is 15.1 Å². The molecule has 0 aromatic heterocycles. The summed E-state index contributed by atoms with van der Waals surface area (Å²) in [7, 11) is 3.84. The van der Waals surface area contributed by atoms with Crippen LogP contribution in [0.4, 0.5) is 4.79 Å². The maximum atomic E-state index is 11.9. The molecule has 0 aliphatic rings. The Hall–Kier alpha value is -1.83. The van der Waals surface area contributed by atoms with Gasteiger partial charge in [-0.1, -0.05) is 0 Å². The second kappa shape index (κ2) is 9.13. The first-order valence-corrected chi connectivity index (χ1v) is 6.42. The Morgan fingerprint density at radius 1 is 1.15 bits per heavy atom. The number of urea groups is 1. The van der Waals surface area contributed by atoms with Gasteiger partial charge in [-0.25, -0.2) is 9.59 Å². The Morgan fingerprint density at radius 3 is 2.15 bits per heavy atom. The van der Waals surface area contributed by atoms with Crippen molar-refractivity contribution in [3.8, 4) is 0 Å². The second-order valence-corrected chi connectivity index (χ2v) is 4.67. The van der Waals surface area contributed by atoms with Crippen LogP contribution in [0.1, 0.15) is 19.8 Å². The van der Waals surface area contributed by atoms with Gasteiger partial charge in [0.15, 0.2) is 0 Å². The number of hydrogen-bond donors (Lipinski definition) is 3. The van der Waals surface area contributed by atoms with Gasteiger partial charge in [-0.3, -0.25) is 4.79 Å². The smallest absolute Gasteiger partial charge is 0.326 e. The monoisotopic (exact) mass is 289 g/mol. The highest BCUT2D eigenvalue weighted by Crippen LogP contribution is 1.98. The minimum atomic E-state index is -1.41. The minimum Gasteiger partial charge on any atom is -0.481 e. The number of nitrogens with one attached hydrogen (secondary N) is 1. The van der Waals surface area contributed by atoms with Crippen LogP contribution >= 0.6 is 0 Å². The fraction of sp³-hybridized carbons (Fsp3) is 0.750. The topological polar surface area (TPSA) is 110 Å². The Morgan fingerprint density at radius 2 is 1.75 bits per heavy atom. The Bertz CT molecular complexity index is 346. The number of rotatable bonds is 9. The highest BCUT2D eigenvalue weighted by molar-refractivity contribution is 5.86. The highest BCUT2D eigenvalue weighted by Gasteiger charge is 2.24. The van der Waals surface area contributed by atoms with Gasteiger partial charge < -0.3 is 25.3 Å². The maximum Gasteiger partial charge on any atom is 0.326 e. The molecule has 0 heterocycles. The summed E-state index contributed by atoms with van der Waals surface area (Å²) in [6, 6.07) is -1.97. The van der Waals surface area contributed by atoms with Gasteiger partial charge >= 0.3 is 18.0 Å². The van der Waals surface area contributed by atoms with Gasteiger partial charge in [-0.15, -0.1) is 0 Å². The number of carboxylic acids is 2. The number of hydrogen-bond acceptors (Lipinski definition) is 4. The molecule has 0 saturated carbocycles. The first kappa shape index (κ1) is 18.2. The normalized spacial score (nSPS) is 12.0. The van der Waals surface area contributed by atoms with Gasteiger partial charge in [0.2, 0.25) is 0 Å². The predicted octanol–water partition coefficient (Wildman–Crippen LogP) is -0.102. The van der Waals surface area contributed by atoms with Crippen LogP contribution in [-0.4, -0.2) is 77.8 Å². The molecule has 2 amide bonds. The zero-order valence-corrected chi connectivity index (χ0v) is 12.1. The molecule has 3 N–H and O–H groups in total. The lowest BCUT2D eigenvalue weighted by molar-refractivity contribution is -0.145. The van der Waals surface area contributed by atoms with Crippen molar-refractivity contribution in [1.29, 1.82) is 0 Å². The summed E-state index contributed by atoms with van der Waals surface area (Å²) in [5.41, 5.74) is 0. The number of aliphatic carboxylic acids is 2. The van der Waals surface area contributed by atoms with Crippen LogP contribution in [0.3, 0.4) is 0 Å². The molecule has 0 spiro atoms. The first-order valence-electron chi connectivity index (χ1n) is 6.42. The molecule has 0 aromatic rings. The number of carbonyl (C=O) groups excluding carboxylic acids is 1. The standard InChI is InChI=1S/C12H23N3O5/c1-4-15(7-5-6-14(2)3)12(20)13-9(11(18)19)8-10(16)17/h9H,4-8H2,1-3H3,(H,13,20)(H,16,17)(H,18,19)/t9-/m1/s1. The van der Waals surface area contributed by atoms with E-state index in [2.05, 4.69) is 5.32 Å². The summed E-state index contributed by atoms with van der Waals surface area (Å²) in [6.45, 7) is 3.50. The van der Waals surface area contributed by atoms with Crippen LogP contribution < -0.4 is 5.32 Å². The van der Waals surface area contributed by atoms with Crippen LogP contribution in [0.5, 0.6) is 0 Å². The van der Waals surface area contributed by atoms with E-state index in [9.17, 15) is 14.4 Å². The zero-order chi connectivity index (χ0) is 15.7.